The van der Waals surface area contributed by atoms with Gasteiger partial charge in [-0.05, 0) is 25.0 Å². The predicted octanol–water partition coefficient (Wildman–Crippen LogP) is 2.54. The van der Waals surface area contributed by atoms with Gasteiger partial charge >= 0.3 is 5.97 Å². The lowest BCUT2D eigenvalue weighted by molar-refractivity contribution is -0.146. The van der Waals surface area contributed by atoms with E-state index >= 15 is 0 Å². The fraction of sp³-hybridized carbons (Fsp3) is 0.500. The Balaban J connectivity index is 2.12. The highest BCUT2D eigenvalue weighted by Crippen LogP contribution is 2.28. The smallest absolute Gasteiger partial charge is 0.323 e. The lowest BCUT2D eigenvalue weighted by atomic mass is 10.1. The van der Waals surface area contributed by atoms with Crippen molar-refractivity contribution in [1.82, 2.24) is 10.3 Å². The molecule has 2 rings (SSSR count). The normalized spacial score (nSPS) is 14.6. The van der Waals surface area contributed by atoms with Crippen molar-refractivity contribution in [1.29, 1.82) is 0 Å². The number of para-hydroxylation sites is 1. The first-order valence-corrected chi connectivity index (χ1v) is 10.3. The molecule has 2 aromatic rings. The van der Waals surface area contributed by atoms with Gasteiger partial charge in [0.2, 0.25) is 19.7 Å². The molecule has 1 unspecified atom stereocenters. The number of esters is 1. The van der Waals surface area contributed by atoms with Crippen LogP contribution >= 0.6 is 11.3 Å². The molecule has 0 aliphatic heterocycles. The Bertz CT molecular complexity index is 803. The molecule has 0 bridgehead atoms. The lowest BCUT2D eigenvalue weighted by Gasteiger charge is -2.21. The molecule has 0 saturated heterocycles. The molecule has 2 atom stereocenters. The third kappa shape index (κ3) is 4.53. The van der Waals surface area contributed by atoms with Gasteiger partial charge in [-0.1, -0.05) is 26.0 Å². The molecule has 1 aromatic heterocycles. The van der Waals surface area contributed by atoms with Crippen LogP contribution in [0.2, 0.25) is 0 Å². The minimum absolute atomic E-state index is 0.170. The molecule has 0 fully saturated rings. The van der Waals surface area contributed by atoms with E-state index in [1.165, 1.54) is 0 Å². The van der Waals surface area contributed by atoms with E-state index in [0.717, 1.165) is 11.3 Å². The van der Waals surface area contributed by atoms with Gasteiger partial charge in [0, 0.05) is 6.54 Å². The summed E-state index contributed by atoms with van der Waals surface area (Å²) in [4.78, 5) is 15.9. The van der Waals surface area contributed by atoms with E-state index in [1.807, 2.05) is 0 Å². The number of nitrogens with one attached hydrogen (secondary N) is 1. The lowest BCUT2D eigenvalue weighted by Crippen LogP contribution is -2.45. The summed E-state index contributed by atoms with van der Waals surface area (Å²) in [6.45, 7) is 4.89. The molecule has 0 saturated carbocycles. The van der Waals surface area contributed by atoms with Crippen LogP contribution in [-0.4, -0.2) is 44.1 Å². The summed E-state index contributed by atoms with van der Waals surface area (Å²) in [5.74, 6) is -0.696. The van der Waals surface area contributed by atoms with Crippen molar-refractivity contribution >= 4 is 37.4 Å². The van der Waals surface area contributed by atoms with E-state index in [1.54, 1.807) is 45.0 Å². The van der Waals surface area contributed by atoms with Crippen LogP contribution in [0.1, 0.15) is 20.8 Å². The van der Waals surface area contributed by atoms with Gasteiger partial charge in [0.25, 0.3) is 0 Å². The molecule has 1 N–H and O–H groups in total. The van der Waals surface area contributed by atoms with Gasteiger partial charge in [0.15, 0.2) is 0 Å². The minimum atomic E-state index is -4.23. The van der Waals surface area contributed by atoms with Crippen molar-refractivity contribution in [2.75, 3.05) is 13.2 Å². The number of thiazole rings is 1. The van der Waals surface area contributed by atoms with E-state index in [0.29, 0.717) is 10.2 Å². The van der Waals surface area contributed by atoms with Crippen molar-refractivity contribution < 1.29 is 22.3 Å². The Morgan fingerprint density at radius 1 is 1.36 bits per heavy atom. The van der Waals surface area contributed by atoms with E-state index in [-0.39, 0.29) is 16.9 Å². The van der Waals surface area contributed by atoms with Crippen molar-refractivity contribution in [3.63, 3.8) is 0 Å². The Kier molecular flexibility index (Phi) is 6.47. The topological polar surface area (TPSA) is 85.4 Å². The highest BCUT2D eigenvalue weighted by molar-refractivity contribution is 7.93. The van der Waals surface area contributed by atoms with Crippen LogP contribution in [0.15, 0.2) is 28.6 Å². The first-order chi connectivity index (χ1) is 11.8. The van der Waals surface area contributed by atoms with Crippen molar-refractivity contribution in [2.45, 2.75) is 36.7 Å². The molecule has 0 radical (unpaired) electrons. The highest BCUT2D eigenvalue weighted by atomic mass is 32.2. The fourth-order valence-corrected chi connectivity index (χ4v) is 4.74. The Labute approximate surface area is 150 Å². The number of sulfone groups is 1. The molecular formula is C16H21FN2O4S2. The fourth-order valence-electron chi connectivity index (χ4n) is 2.23. The first-order valence-electron chi connectivity index (χ1n) is 7.91. The SMILES string of the molecule is CCOC(=O)[C@H](NCC(F)S(=O)(=O)c1nc2ccccc2s1)C(C)C. The Morgan fingerprint density at radius 3 is 2.64 bits per heavy atom. The van der Waals surface area contributed by atoms with Crippen molar-refractivity contribution in [2.24, 2.45) is 5.92 Å². The third-order valence-corrected chi connectivity index (χ3v) is 6.76. The number of benzene rings is 1. The standard InChI is InChI=1S/C16H21FN2O4S2/c1-4-23-15(20)14(10(2)3)18-9-13(17)25(21,22)16-19-11-7-5-6-8-12(11)24-16/h5-8,10,13-14,18H,4,9H2,1-3H3/t13?,14-/m1/s1. The Morgan fingerprint density at radius 2 is 2.04 bits per heavy atom. The summed E-state index contributed by atoms with van der Waals surface area (Å²) in [6.07, 6.45) is 0. The summed E-state index contributed by atoms with van der Waals surface area (Å²) >= 11 is 0.929. The maximum absolute atomic E-state index is 14.4. The van der Waals surface area contributed by atoms with Gasteiger partial charge in [-0.3, -0.25) is 4.79 Å². The maximum atomic E-state index is 14.4. The summed E-state index contributed by atoms with van der Waals surface area (Å²) in [5, 5.41) is 2.66. The van der Waals surface area contributed by atoms with E-state index in [9.17, 15) is 17.6 Å². The molecule has 6 nitrogen and oxygen atoms in total. The Hall–Kier alpha value is -1.58. The number of hydrogen-bond donors (Lipinski definition) is 1. The van der Waals surface area contributed by atoms with Gasteiger partial charge < -0.3 is 10.1 Å². The summed E-state index contributed by atoms with van der Waals surface area (Å²) < 4.78 is 44.6. The molecule has 1 heterocycles. The van der Waals surface area contributed by atoms with Gasteiger partial charge in [0.1, 0.15) is 6.04 Å². The van der Waals surface area contributed by atoms with Crippen LogP contribution in [0.5, 0.6) is 0 Å². The van der Waals surface area contributed by atoms with Crippen LogP contribution in [0, 0.1) is 5.92 Å². The van der Waals surface area contributed by atoms with E-state index in [2.05, 4.69) is 10.3 Å². The second-order valence-electron chi connectivity index (χ2n) is 5.78. The van der Waals surface area contributed by atoms with Crippen LogP contribution < -0.4 is 5.32 Å². The number of rotatable bonds is 8. The zero-order valence-corrected chi connectivity index (χ0v) is 15.9. The van der Waals surface area contributed by atoms with Crippen LogP contribution in [0.4, 0.5) is 4.39 Å². The molecule has 9 heteroatoms. The number of fused-ring (bicyclic) bond motifs is 1. The highest BCUT2D eigenvalue weighted by Gasteiger charge is 2.33. The minimum Gasteiger partial charge on any atom is -0.465 e. The second-order valence-corrected chi connectivity index (χ2v) is 9.06. The first kappa shape index (κ1) is 19.7. The summed E-state index contributed by atoms with van der Waals surface area (Å²) in [6, 6.07) is 6.12. The average molecular weight is 388 g/mol. The molecule has 0 aliphatic rings. The predicted molar refractivity (Wildman–Crippen MR) is 95.0 cm³/mol. The van der Waals surface area contributed by atoms with Gasteiger partial charge in [-0.15, -0.1) is 11.3 Å². The number of aromatic nitrogens is 1. The molecule has 0 amide bonds. The third-order valence-electron chi connectivity index (χ3n) is 3.56. The molecule has 138 valence electrons. The van der Waals surface area contributed by atoms with Crippen LogP contribution in [0.25, 0.3) is 10.2 Å². The average Bonchev–Trinajstić information content (AvgIpc) is 2.99. The second kappa shape index (κ2) is 8.20. The number of hydrogen-bond acceptors (Lipinski definition) is 7. The summed E-state index contributed by atoms with van der Waals surface area (Å²) in [7, 11) is -4.23. The maximum Gasteiger partial charge on any atom is 0.323 e. The van der Waals surface area contributed by atoms with E-state index < -0.39 is 33.9 Å². The zero-order valence-electron chi connectivity index (χ0n) is 14.2. The quantitative estimate of drug-likeness (QED) is 0.700. The number of nitrogens with zero attached hydrogens (tertiary/aromatic N) is 1. The largest absolute Gasteiger partial charge is 0.465 e. The zero-order chi connectivity index (χ0) is 18.6. The van der Waals surface area contributed by atoms with Gasteiger partial charge in [0.05, 0.1) is 16.8 Å². The molecule has 0 spiro atoms. The molecular weight excluding hydrogens is 367 g/mol. The van der Waals surface area contributed by atoms with E-state index in [4.69, 9.17) is 4.74 Å². The van der Waals surface area contributed by atoms with Crippen LogP contribution in [-0.2, 0) is 19.4 Å². The monoisotopic (exact) mass is 388 g/mol. The molecule has 0 aliphatic carbocycles. The summed E-state index contributed by atoms with van der Waals surface area (Å²) in [5.41, 5.74) is -1.69. The van der Waals surface area contributed by atoms with Crippen LogP contribution in [0.3, 0.4) is 0 Å². The number of carbonyl (C=O) groups excluding carboxylic acids is 1. The number of halogens is 1. The number of alkyl halides is 1. The van der Waals surface area contributed by atoms with Gasteiger partial charge in [-0.25, -0.2) is 17.8 Å². The van der Waals surface area contributed by atoms with Gasteiger partial charge in [-0.2, -0.15) is 0 Å². The van der Waals surface area contributed by atoms with Crippen molar-refractivity contribution in [3.8, 4) is 0 Å². The van der Waals surface area contributed by atoms with Crippen molar-refractivity contribution in [3.05, 3.63) is 24.3 Å². The molecule has 1 aromatic carbocycles. The molecule has 25 heavy (non-hydrogen) atoms. The number of carbonyl (C=O) groups is 1. The number of ether oxygens (including phenoxy) is 1.